The fourth-order valence-electron chi connectivity index (χ4n) is 4.86. The summed E-state index contributed by atoms with van der Waals surface area (Å²) in [5.41, 5.74) is 2.40. The highest BCUT2D eigenvalue weighted by atomic mass is 32.2. The predicted molar refractivity (Wildman–Crippen MR) is 133 cm³/mol. The number of sulfone groups is 1. The molecular weight excluding hydrogens is 472 g/mol. The van der Waals surface area contributed by atoms with E-state index in [0.717, 1.165) is 40.7 Å². The van der Waals surface area contributed by atoms with Crippen LogP contribution in [0, 0.1) is 5.92 Å². The van der Waals surface area contributed by atoms with Crippen LogP contribution in [0.1, 0.15) is 25.7 Å². The van der Waals surface area contributed by atoms with E-state index in [1.165, 1.54) is 24.0 Å². The number of hydrogen-bond acceptors (Lipinski definition) is 6. The number of benzene rings is 2. The molecule has 2 heterocycles. The molecule has 178 valence electrons. The molecule has 5 rings (SSSR count). The predicted octanol–water partition coefficient (Wildman–Crippen LogP) is 3.89. The van der Waals surface area contributed by atoms with Gasteiger partial charge in [-0.1, -0.05) is 29.5 Å². The van der Waals surface area contributed by atoms with Crippen LogP contribution >= 0.6 is 11.3 Å². The summed E-state index contributed by atoms with van der Waals surface area (Å²) >= 11 is 1.34. The van der Waals surface area contributed by atoms with Crippen molar-refractivity contribution >= 4 is 48.5 Å². The third-order valence-corrected chi connectivity index (χ3v) is 8.60. The van der Waals surface area contributed by atoms with Gasteiger partial charge in [-0.2, -0.15) is 0 Å². The second-order valence-corrected chi connectivity index (χ2v) is 12.1. The van der Waals surface area contributed by atoms with E-state index in [2.05, 4.69) is 15.6 Å². The van der Waals surface area contributed by atoms with Gasteiger partial charge in [-0.15, -0.1) is 0 Å². The van der Waals surface area contributed by atoms with Gasteiger partial charge in [0, 0.05) is 31.8 Å². The number of carbonyl (C=O) groups is 2. The third kappa shape index (κ3) is 4.78. The lowest BCUT2D eigenvalue weighted by molar-refractivity contribution is -0.132. The van der Waals surface area contributed by atoms with Gasteiger partial charge in [0.15, 0.2) is 15.0 Å². The Balaban J connectivity index is 1.19. The number of anilines is 1. The normalized spacial score (nSPS) is 19.5. The first-order valence-electron chi connectivity index (χ1n) is 11.3. The average molecular weight is 499 g/mol. The van der Waals surface area contributed by atoms with Crippen molar-refractivity contribution in [2.24, 2.45) is 5.92 Å². The summed E-state index contributed by atoms with van der Waals surface area (Å²) in [6.45, 7) is 1.15. The zero-order valence-corrected chi connectivity index (χ0v) is 20.4. The first kappa shape index (κ1) is 22.8. The molecular formula is C24H26N4O4S2. The molecule has 10 heteroatoms. The third-order valence-electron chi connectivity index (χ3n) is 6.56. The van der Waals surface area contributed by atoms with Crippen LogP contribution in [0.25, 0.3) is 21.3 Å². The molecule has 1 aromatic heterocycles. The first-order valence-corrected chi connectivity index (χ1v) is 14.0. The van der Waals surface area contributed by atoms with Gasteiger partial charge in [-0.25, -0.2) is 18.2 Å². The molecule has 2 unspecified atom stereocenters. The van der Waals surface area contributed by atoms with Gasteiger partial charge in [0.1, 0.15) is 0 Å². The molecule has 2 bridgehead atoms. The summed E-state index contributed by atoms with van der Waals surface area (Å²) in [6, 6.07) is 12.5. The summed E-state index contributed by atoms with van der Waals surface area (Å²) in [5, 5.41) is 5.94. The Morgan fingerprint density at radius 3 is 2.71 bits per heavy atom. The highest BCUT2D eigenvalue weighted by molar-refractivity contribution is 7.90. The van der Waals surface area contributed by atoms with Crippen molar-refractivity contribution in [3.05, 3.63) is 42.5 Å². The van der Waals surface area contributed by atoms with Crippen LogP contribution in [-0.4, -0.2) is 55.6 Å². The molecule has 2 aromatic carbocycles. The Morgan fingerprint density at radius 2 is 1.97 bits per heavy atom. The molecule has 2 fully saturated rings. The van der Waals surface area contributed by atoms with E-state index in [1.54, 1.807) is 18.2 Å². The second kappa shape index (κ2) is 8.99. The van der Waals surface area contributed by atoms with Crippen molar-refractivity contribution < 1.29 is 18.0 Å². The highest BCUT2D eigenvalue weighted by Crippen LogP contribution is 2.37. The maximum atomic E-state index is 12.4. The Kier molecular flexibility index (Phi) is 6.03. The molecule has 2 N–H and O–H groups in total. The summed E-state index contributed by atoms with van der Waals surface area (Å²) < 4.78 is 24.6. The fourth-order valence-corrected chi connectivity index (χ4v) is 6.43. The van der Waals surface area contributed by atoms with Gasteiger partial charge in [-0.05, 0) is 60.6 Å². The maximum Gasteiger partial charge on any atom is 0.321 e. The summed E-state index contributed by atoms with van der Waals surface area (Å²) in [6.07, 6.45) is 4.94. The van der Waals surface area contributed by atoms with Crippen LogP contribution in [0.2, 0.25) is 0 Å². The Labute approximate surface area is 202 Å². The number of likely N-dealkylation sites (tertiary alicyclic amines) is 1. The molecule has 3 aromatic rings. The molecule has 1 saturated heterocycles. The summed E-state index contributed by atoms with van der Waals surface area (Å²) in [5.74, 6) is 0.772. The Bertz CT molecular complexity index is 1370. The molecule has 34 heavy (non-hydrogen) atoms. The van der Waals surface area contributed by atoms with Crippen molar-refractivity contribution in [3.63, 3.8) is 0 Å². The van der Waals surface area contributed by atoms with Crippen molar-refractivity contribution in [3.8, 4) is 11.1 Å². The molecule has 1 saturated carbocycles. The largest absolute Gasteiger partial charge is 0.339 e. The lowest BCUT2D eigenvalue weighted by Crippen LogP contribution is -2.40. The van der Waals surface area contributed by atoms with Gasteiger partial charge < -0.3 is 10.2 Å². The number of fused-ring (bicyclic) bond motifs is 3. The standard InChI is InChI=1S/C24H26N4O4S2/c1-34(31,32)19-4-2-3-16(12-19)17-6-8-20-21(13-17)33-24(26-20)27-23(30)25-10-9-22(29)28-14-15-5-7-18(28)11-15/h2-4,6,8,12-13,15,18H,5,7,9-11,14H2,1H3,(H2,25,26,27,30). The first-order chi connectivity index (χ1) is 16.3. The Morgan fingerprint density at radius 1 is 1.15 bits per heavy atom. The van der Waals surface area contributed by atoms with E-state index in [-0.39, 0.29) is 17.3 Å². The van der Waals surface area contributed by atoms with E-state index >= 15 is 0 Å². The van der Waals surface area contributed by atoms with Crippen molar-refractivity contribution in [1.82, 2.24) is 15.2 Å². The maximum absolute atomic E-state index is 12.4. The number of urea groups is 1. The summed E-state index contributed by atoms with van der Waals surface area (Å²) in [7, 11) is -3.29. The number of aromatic nitrogens is 1. The number of rotatable bonds is 6. The number of thiazole rings is 1. The smallest absolute Gasteiger partial charge is 0.321 e. The lowest BCUT2D eigenvalue weighted by atomic mass is 10.1. The van der Waals surface area contributed by atoms with Crippen LogP contribution in [0.4, 0.5) is 9.93 Å². The quantitative estimate of drug-likeness (QED) is 0.536. The van der Waals surface area contributed by atoms with Gasteiger partial charge in [0.25, 0.3) is 0 Å². The number of nitrogens with zero attached hydrogens (tertiary/aromatic N) is 2. The van der Waals surface area contributed by atoms with Crippen LogP contribution < -0.4 is 10.6 Å². The minimum absolute atomic E-state index is 0.111. The molecule has 3 amide bonds. The molecule has 1 aliphatic carbocycles. The fraction of sp³-hybridized carbons (Fsp3) is 0.375. The van der Waals surface area contributed by atoms with Crippen LogP contribution in [0.5, 0.6) is 0 Å². The SMILES string of the molecule is CS(=O)(=O)c1cccc(-c2ccc3nc(NC(=O)NCCC(=O)N4CC5CCC4C5)sc3c2)c1. The van der Waals surface area contributed by atoms with Gasteiger partial charge in [0.05, 0.1) is 15.1 Å². The lowest BCUT2D eigenvalue weighted by Gasteiger charge is -2.27. The zero-order valence-electron chi connectivity index (χ0n) is 18.8. The van der Waals surface area contributed by atoms with Gasteiger partial charge in [0.2, 0.25) is 5.91 Å². The molecule has 1 aliphatic heterocycles. The van der Waals surface area contributed by atoms with Crippen molar-refractivity contribution in [1.29, 1.82) is 0 Å². The van der Waals surface area contributed by atoms with Gasteiger partial charge in [-0.3, -0.25) is 10.1 Å². The minimum Gasteiger partial charge on any atom is -0.339 e. The van der Waals surface area contributed by atoms with E-state index in [4.69, 9.17) is 0 Å². The number of hydrogen-bond donors (Lipinski definition) is 2. The monoisotopic (exact) mass is 498 g/mol. The van der Waals surface area contributed by atoms with Crippen molar-refractivity contribution in [2.75, 3.05) is 24.7 Å². The molecule has 8 nitrogen and oxygen atoms in total. The van der Waals surface area contributed by atoms with Gasteiger partial charge >= 0.3 is 6.03 Å². The Hall–Kier alpha value is -2.98. The van der Waals surface area contributed by atoms with E-state index in [9.17, 15) is 18.0 Å². The summed E-state index contributed by atoms with van der Waals surface area (Å²) in [4.78, 5) is 31.4. The number of carbonyl (C=O) groups excluding carboxylic acids is 2. The zero-order chi connectivity index (χ0) is 23.9. The average Bonchev–Trinajstić information content (AvgIpc) is 3.53. The minimum atomic E-state index is -3.29. The van der Waals surface area contributed by atoms with Crippen molar-refractivity contribution in [2.45, 2.75) is 36.6 Å². The molecule has 0 radical (unpaired) electrons. The molecule has 2 atom stereocenters. The van der Waals surface area contributed by atoms with Crippen LogP contribution in [0.3, 0.4) is 0 Å². The highest BCUT2D eigenvalue weighted by Gasteiger charge is 2.39. The van der Waals surface area contributed by atoms with Crippen LogP contribution in [0.15, 0.2) is 47.4 Å². The van der Waals surface area contributed by atoms with Crippen LogP contribution in [-0.2, 0) is 14.6 Å². The molecule has 0 spiro atoms. The topological polar surface area (TPSA) is 108 Å². The van der Waals surface area contributed by atoms with E-state index in [1.807, 2.05) is 29.2 Å². The van der Waals surface area contributed by atoms with E-state index in [0.29, 0.717) is 23.5 Å². The number of amides is 3. The number of piperidine rings is 1. The van der Waals surface area contributed by atoms with E-state index < -0.39 is 15.9 Å². The molecule has 2 aliphatic rings. The second-order valence-electron chi connectivity index (χ2n) is 9.01. The number of nitrogens with one attached hydrogen (secondary N) is 2.